The van der Waals surface area contributed by atoms with Crippen molar-refractivity contribution in [1.82, 2.24) is 5.32 Å². The smallest absolute Gasteiger partial charge is 0.261 e. The lowest BCUT2D eigenvalue weighted by molar-refractivity contribution is -0.128. The first-order valence-electron chi connectivity index (χ1n) is 8.96. The predicted octanol–water partition coefficient (Wildman–Crippen LogP) is 3.74. The van der Waals surface area contributed by atoms with Gasteiger partial charge in [-0.1, -0.05) is 31.2 Å². The van der Waals surface area contributed by atoms with Crippen molar-refractivity contribution in [1.29, 1.82) is 0 Å². The number of nitrogens with one attached hydrogen (secondary N) is 1. The van der Waals surface area contributed by atoms with Crippen molar-refractivity contribution in [3.63, 3.8) is 0 Å². The Bertz CT molecular complexity index is 904. The molecule has 0 saturated heterocycles. The first kappa shape index (κ1) is 21.0. The van der Waals surface area contributed by atoms with Gasteiger partial charge in [0.1, 0.15) is 5.75 Å². The van der Waals surface area contributed by atoms with Gasteiger partial charge in [-0.2, -0.15) is 0 Å². The van der Waals surface area contributed by atoms with Gasteiger partial charge in [-0.25, -0.2) is 8.42 Å². The van der Waals surface area contributed by atoms with Crippen LogP contribution in [-0.4, -0.2) is 26.7 Å². The Morgan fingerprint density at radius 1 is 1.11 bits per heavy atom. The van der Waals surface area contributed by atoms with Crippen LogP contribution in [0.1, 0.15) is 43.0 Å². The maximum absolute atomic E-state index is 12.6. The number of ether oxygens (including phenoxy) is 1. The van der Waals surface area contributed by atoms with Gasteiger partial charge in [0.25, 0.3) is 5.91 Å². The molecule has 0 aromatic heterocycles. The van der Waals surface area contributed by atoms with Crippen molar-refractivity contribution in [3.8, 4) is 5.75 Å². The zero-order valence-corrected chi connectivity index (χ0v) is 17.3. The van der Waals surface area contributed by atoms with Crippen molar-refractivity contribution in [2.24, 2.45) is 0 Å². The van der Waals surface area contributed by atoms with Gasteiger partial charge >= 0.3 is 0 Å². The number of benzene rings is 2. The van der Waals surface area contributed by atoms with E-state index in [4.69, 9.17) is 4.74 Å². The Morgan fingerprint density at radius 3 is 2.30 bits per heavy atom. The largest absolute Gasteiger partial charge is 0.481 e. The fraction of sp³-hybridized carbons (Fsp3) is 0.381. The first-order valence-corrected chi connectivity index (χ1v) is 10.9. The van der Waals surface area contributed by atoms with Gasteiger partial charge in [0.2, 0.25) is 0 Å². The lowest BCUT2D eigenvalue weighted by Crippen LogP contribution is -2.38. The molecule has 2 rings (SSSR count). The third-order valence-electron chi connectivity index (χ3n) is 4.66. The predicted molar refractivity (Wildman–Crippen MR) is 107 cm³/mol. The summed E-state index contributed by atoms with van der Waals surface area (Å²) < 4.78 is 29.0. The molecule has 0 aliphatic rings. The number of carbonyl (C=O) groups is 1. The van der Waals surface area contributed by atoms with Crippen LogP contribution < -0.4 is 10.1 Å². The van der Waals surface area contributed by atoms with Crippen molar-refractivity contribution in [2.75, 3.05) is 6.26 Å². The van der Waals surface area contributed by atoms with Gasteiger partial charge in [0, 0.05) is 6.26 Å². The Morgan fingerprint density at radius 2 is 1.74 bits per heavy atom. The Labute approximate surface area is 161 Å². The molecule has 0 heterocycles. The van der Waals surface area contributed by atoms with E-state index in [1.807, 2.05) is 39.0 Å². The molecule has 0 unspecified atom stereocenters. The second kappa shape index (κ2) is 8.57. The summed E-state index contributed by atoms with van der Waals surface area (Å²) in [6.45, 7) is 7.65. The van der Waals surface area contributed by atoms with E-state index in [-0.39, 0.29) is 16.8 Å². The van der Waals surface area contributed by atoms with Crippen LogP contribution in [0.15, 0.2) is 47.4 Å². The Hall–Kier alpha value is -2.34. The van der Waals surface area contributed by atoms with Crippen molar-refractivity contribution in [2.45, 2.75) is 51.2 Å². The molecule has 6 heteroatoms. The molecule has 146 valence electrons. The lowest BCUT2D eigenvalue weighted by Gasteiger charge is -2.22. The number of carbonyl (C=O) groups excluding carboxylic acids is 1. The molecule has 2 aromatic rings. The molecular formula is C21H27NO4S. The molecule has 0 spiro atoms. The van der Waals surface area contributed by atoms with E-state index in [9.17, 15) is 13.2 Å². The molecule has 0 aliphatic carbocycles. The van der Waals surface area contributed by atoms with E-state index < -0.39 is 15.9 Å². The second-order valence-corrected chi connectivity index (χ2v) is 8.78. The highest BCUT2D eigenvalue weighted by Crippen LogP contribution is 2.23. The van der Waals surface area contributed by atoms with Gasteiger partial charge in [0.15, 0.2) is 15.9 Å². The van der Waals surface area contributed by atoms with E-state index in [0.29, 0.717) is 12.2 Å². The average Bonchev–Trinajstić information content (AvgIpc) is 2.62. The van der Waals surface area contributed by atoms with E-state index in [0.717, 1.165) is 16.7 Å². The third kappa shape index (κ3) is 5.32. The molecule has 0 saturated carbocycles. The maximum atomic E-state index is 12.6. The highest BCUT2D eigenvalue weighted by Gasteiger charge is 2.20. The summed E-state index contributed by atoms with van der Waals surface area (Å²) in [5, 5.41) is 2.98. The van der Waals surface area contributed by atoms with Crippen LogP contribution in [-0.2, 0) is 14.6 Å². The van der Waals surface area contributed by atoms with Crippen molar-refractivity contribution >= 4 is 15.7 Å². The molecule has 2 atom stereocenters. The molecule has 0 fully saturated rings. The van der Waals surface area contributed by atoms with E-state index in [1.54, 1.807) is 31.2 Å². The van der Waals surface area contributed by atoms with E-state index in [2.05, 4.69) is 5.32 Å². The molecule has 0 radical (unpaired) electrons. The molecule has 2 aromatic carbocycles. The van der Waals surface area contributed by atoms with Crippen LogP contribution >= 0.6 is 0 Å². The molecule has 1 amide bonds. The fourth-order valence-corrected chi connectivity index (χ4v) is 3.38. The number of hydrogen-bond donors (Lipinski definition) is 1. The summed E-state index contributed by atoms with van der Waals surface area (Å²) in [4.78, 5) is 12.8. The normalized spacial score (nSPS) is 13.7. The minimum Gasteiger partial charge on any atom is -0.481 e. The number of hydrogen-bond acceptors (Lipinski definition) is 4. The Kier molecular flexibility index (Phi) is 6.65. The van der Waals surface area contributed by atoms with Crippen LogP contribution in [0.25, 0.3) is 0 Å². The third-order valence-corrected chi connectivity index (χ3v) is 5.79. The minimum absolute atomic E-state index is 0.212. The zero-order valence-electron chi connectivity index (χ0n) is 16.4. The van der Waals surface area contributed by atoms with Gasteiger partial charge in [0.05, 0.1) is 10.9 Å². The lowest BCUT2D eigenvalue weighted by atomic mass is 10.0. The summed E-state index contributed by atoms with van der Waals surface area (Å²) in [5.74, 6) is 0.484. The molecule has 1 N–H and O–H groups in total. The van der Waals surface area contributed by atoms with Crippen LogP contribution in [0.4, 0.5) is 0 Å². The summed E-state index contributed by atoms with van der Waals surface area (Å²) in [6, 6.07) is 12.2. The zero-order chi connectivity index (χ0) is 20.2. The van der Waals surface area contributed by atoms with Gasteiger partial charge in [-0.05, 0) is 62.1 Å². The number of amides is 1. The number of sulfone groups is 1. The van der Waals surface area contributed by atoms with Crippen molar-refractivity contribution in [3.05, 3.63) is 59.2 Å². The molecule has 0 bridgehead atoms. The van der Waals surface area contributed by atoms with Crippen LogP contribution in [0.5, 0.6) is 5.75 Å². The van der Waals surface area contributed by atoms with Crippen molar-refractivity contribution < 1.29 is 17.9 Å². The monoisotopic (exact) mass is 389 g/mol. The molecule has 0 aliphatic heterocycles. The molecule has 5 nitrogen and oxygen atoms in total. The second-order valence-electron chi connectivity index (χ2n) is 6.77. The quantitative estimate of drug-likeness (QED) is 0.783. The summed E-state index contributed by atoms with van der Waals surface area (Å²) in [7, 11) is -3.24. The topological polar surface area (TPSA) is 72.5 Å². The molecular weight excluding hydrogens is 362 g/mol. The number of rotatable bonds is 7. The van der Waals surface area contributed by atoms with Crippen LogP contribution in [0, 0.1) is 13.8 Å². The maximum Gasteiger partial charge on any atom is 0.261 e. The first-order chi connectivity index (χ1) is 12.6. The SMILES string of the molecule is CC[C@H](NC(=O)[C@@H](C)Oc1cccc(C)c1C)c1ccc(S(C)(=O)=O)cc1. The highest BCUT2D eigenvalue weighted by atomic mass is 32.2. The number of aryl methyl sites for hydroxylation is 1. The van der Waals surface area contributed by atoms with Gasteiger partial charge < -0.3 is 10.1 Å². The highest BCUT2D eigenvalue weighted by molar-refractivity contribution is 7.90. The van der Waals surface area contributed by atoms with Crippen LogP contribution in [0.2, 0.25) is 0 Å². The van der Waals surface area contributed by atoms with E-state index >= 15 is 0 Å². The van der Waals surface area contributed by atoms with Gasteiger partial charge in [-0.15, -0.1) is 0 Å². The summed E-state index contributed by atoms with van der Waals surface area (Å²) >= 11 is 0. The minimum atomic E-state index is -3.24. The Balaban J connectivity index is 2.08. The van der Waals surface area contributed by atoms with Crippen LogP contribution in [0.3, 0.4) is 0 Å². The summed E-state index contributed by atoms with van der Waals surface area (Å²) in [5.41, 5.74) is 2.98. The summed E-state index contributed by atoms with van der Waals surface area (Å²) in [6.07, 6.45) is 1.21. The average molecular weight is 390 g/mol. The van der Waals surface area contributed by atoms with Gasteiger partial charge in [-0.3, -0.25) is 4.79 Å². The molecule has 27 heavy (non-hydrogen) atoms. The fourth-order valence-electron chi connectivity index (χ4n) is 2.75. The van der Waals surface area contributed by atoms with E-state index in [1.165, 1.54) is 6.26 Å². The standard InChI is InChI=1S/C21H27NO4S/c1-6-19(17-10-12-18(13-11-17)27(5,24)25)22-21(23)16(4)26-20-9-7-8-14(2)15(20)3/h7-13,16,19H,6H2,1-5H3,(H,22,23)/t16-,19+/m1/s1.